The number of carbonyl (C=O) groups is 1. The van der Waals surface area contributed by atoms with Crippen molar-refractivity contribution < 1.29 is 4.79 Å². The van der Waals surface area contributed by atoms with Crippen molar-refractivity contribution in [1.82, 2.24) is 10.2 Å². The average molecular weight is 223 g/mol. The lowest BCUT2D eigenvalue weighted by Crippen LogP contribution is -2.56. The van der Waals surface area contributed by atoms with Crippen LogP contribution in [0.4, 0.5) is 4.79 Å². The minimum absolute atomic E-state index is 0.0894. The van der Waals surface area contributed by atoms with Crippen LogP contribution in [0.1, 0.15) is 40.0 Å². The SMILES string of the molecule is CCN1C(=O)NC(=N)C12CC(C)CCC2C. The van der Waals surface area contributed by atoms with E-state index in [0.717, 1.165) is 12.8 Å². The van der Waals surface area contributed by atoms with Gasteiger partial charge in [0.05, 0.1) is 0 Å². The molecule has 1 saturated heterocycles. The zero-order chi connectivity index (χ0) is 11.9. The number of amidine groups is 1. The molecule has 3 atom stereocenters. The van der Waals surface area contributed by atoms with Gasteiger partial charge < -0.3 is 4.90 Å². The van der Waals surface area contributed by atoms with Crippen molar-refractivity contribution in [2.75, 3.05) is 6.54 Å². The fourth-order valence-corrected chi connectivity index (χ4v) is 3.36. The number of rotatable bonds is 1. The van der Waals surface area contributed by atoms with Crippen molar-refractivity contribution >= 4 is 11.9 Å². The standard InChI is InChI=1S/C12H21N3O/c1-4-15-11(16)14-10(13)12(15)7-8(2)5-6-9(12)3/h8-9H,4-7H2,1-3H3,(H2,13,14,16). The number of nitrogens with one attached hydrogen (secondary N) is 2. The van der Waals surface area contributed by atoms with E-state index in [9.17, 15) is 4.79 Å². The normalized spacial score (nSPS) is 39.3. The summed E-state index contributed by atoms with van der Waals surface area (Å²) in [4.78, 5) is 13.7. The van der Waals surface area contributed by atoms with Gasteiger partial charge in [-0.25, -0.2) is 4.79 Å². The largest absolute Gasteiger partial charge is 0.323 e. The van der Waals surface area contributed by atoms with Crippen LogP contribution in [-0.4, -0.2) is 28.9 Å². The molecule has 1 saturated carbocycles. The minimum atomic E-state index is -0.344. The molecule has 16 heavy (non-hydrogen) atoms. The van der Waals surface area contributed by atoms with Gasteiger partial charge >= 0.3 is 6.03 Å². The van der Waals surface area contributed by atoms with Gasteiger partial charge in [-0.05, 0) is 31.6 Å². The van der Waals surface area contributed by atoms with Crippen LogP contribution < -0.4 is 5.32 Å². The fraction of sp³-hybridized carbons (Fsp3) is 0.833. The Morgan fingerprint density at radius 2 is 2.19 bits per heavy atom. The monoisotopic (exact) mass is 223 g/mol. The molecule has 1 aliphatic carbocycles. The summed E-state index contributed by atoms with van der Waals surface area (Å²) in [6, 6.07) is -0.0894. The van der Waals surface area contributed by atoms with Crippen molar-refractivity contribution in [3.05, 3.63) is 0 Å². The third-order valence-corrected chi connectivity index (χ3v) is 4.28. The lowest BCUT2D eigenvalue weighted by Gasteiger charge is -2.46. The lowest BCUT2D eigenvalue weighted by atomic mass is 9.68. The highest BCUT2D eigenvalue weighted by Gasteiger charge is 2.54. The second-order valence-corrected chi connectivity index (χ2v) is 5.26. The first-order valence-electron chi connectivity index (χ1n) is 6.20. The molecule has 1 aliphatic heterocycles. The van der Waals surface area contributed by atoms with Gasteiger partial charge in [0.25, 0.3) is 0 Å². The van der Waals surface area contributed by atoms with Gasteiger partial charge in [-0.2, -0.15) is 0 Å². The molecule has 1 heterocycles. The van der Waals surface area contributed by atoms with E-state index < -0.39 is 0 Å². The summed E-state index contributed by atoms with van der Waals surface area (Å²) < 4.78 is 0. The number of nitrogens with zero attached hydrogens (tertiary/aromatic N) is 1. The Morgan fingerprint density at radius 1 is 1.50 bits per heavy atom. The quantitative estimate of drug-likeness (QED) is 0.703. The van der Waals surface area contributed by atoms with E-state index >= 15 is 0 Å². The summed E-state index contributed by atoms with van der Waals surface area (Å²) in [6.07, 6.45) is 3.25. The first kappa shape index (κ1) is 11.4. The minimum Gasteiger partial charge on any atom is -0.312 e. The Hall–Kier alpha value is -1.06. The van der Waals surface area contributed by atoms with E-state index in [4.69, 9.17) is 5.41 Å². The fourth-order valence-electron chi connectivity index (χ4n) is 3.36. The summed E-state index contributed by atoms with van der Waals surface area (Å²) in [7, 11) is 0. The van der Waals surface area contributed by atoms with Crippen molar-refractivity contribution in [3.8, 4) is 0 Å². The van der Waals surface area contributed by atoms with Crippen LogP contribution in [0, 0.1) is 17.2 Å². The molecule has 2 amide bonds. The maximum Gasteiger partial charge on any atom is 0.323 e. The first-order valence-corrected chi connectivity index (χ1v) is 6.20. The van der Waals surface area contributed by atoms with Crippen molar-refractivity contribution in [2.45, 2.75) is 45.6 Å². The van der Waals surface area contributed by atoms with Crippen LogP contribution in [0.3, 0.4) is 0 Å². The van der Waals surface area contributed by atoms with Crippen LogP contribution >= 0.6 is 0 Å². The molecule has 2 N–H and O–H groups in total. The molecular formula is C12H21N3O. The summed E-state index contributed by atoms with van der Waals surface area (Å²) in [6.45, 7) is 7.07. The van der Waals surface area contributed by atoms with Crippen LogP contribution in [0.2, 0.25) is 0 Å². The molecular weight excluding hydrogens is 202 g/mol. The molecule has 0 aromatic rings. The van der Waals surface area contributed by atoms with E-state index in [1.165, 1.54) is 6.42 Å². The van der Waals surface area contributed by atoms with Crippen LogP contribution in [-0.2, 0) is 0 Å². The van der Waals surface area contributed by atoms with E-state index in [1.807, 2.05) is 11.8 Å². The Kier molecular flexibility index (Phi) is 2.68. The number of amides is 2. The third-order valence-electron chi connectivity index (χ3n) is 4.28. The topological polar surface area (TPSA) is 56.2 Å². The molecule has 90 valence electrons. The van der Waals surface area contributed by atoms with Gasteiger partial charge in [-0.15, -0.1) is 0 Å². The average Bonchev–Trinajstić information content (AvgIpc) is 2.46. The first-order chi connectivity index (χ1) is 7.52. The Labute approximate surface area is 96.9 Å². The van der Waals surface area contributed by atoms with Crippen LogP contribution in [0.15, 0.2) is 0 Å². The summed E-state index contributed by atoms with van der Waals surface area (Å²) in [5.74, 6) is 1.40. The van der Waals surface area contributed by atoms with Crippen LogP contribution in [0.25, 0.3) is 0 Å². The van der Waals surface area contributed by atoms with Gasteiger partial charge in [-0.3, -0.25) is 10.7 Å². The molecule has 0 aromatic heterocycles. The predicted octanol–water partition coefficient (Wildman–Crippen LogP) is 2.20. The molecule has 1 spiro atoms. The van der Waals surface area contributed by atoms with E-state index in [2.05, 4.69) is 19.2 Å². The second kappa shape index (κ2) is 3.75. The molecule has 0 radical (unpaired) electrons. The van der Waals surface area contributed by atoms with Crippen LogP contribution in [0.5, 0.6) is 0 Å². The molecule has 2 aliphatic rings. The Morgan fingerprint density at radius 3 is 2.81 bits per heavy atom. The summed E-state index contributed by atoms with van der Waals surface area (Å²) in [5.41, 5.74) is -0.344. The van der Waals surface area contributed by atoms with Gasteiger partial charge in [0.2, 0.25) is 0 Å². The van der Waals surface area contributed by atoms with Gasteiger partial charge in [-0.1, -0.05) is 20.3 Å². The molecule has 0 aromatic carbocycles. The Balaban J connectivity index is 2.39. The second-order valence-electron chi connectivity index (χ2n) is 5.26. The van der Waals surface area contributed by atoms with Gasteiger partial charge in [0.15, 0.2) is 0 Å². The number of hydrogen-bond acceptors (Lipinski definition) is 2. The number of hydrogen-bond donors (Lipinski definition) is 2. The maximum atomic E-state index is 11.8. The van der Waals surface area contributed by atoms with Crippen molar-refractivity contribution in [2.24, 2.45) is 11.8 Å². The van der Waals surface area contributed by atoms with E-state index in [-0.39, 0.29) is 11.6 Å². The van der Waals surface area contributed by atoms with E-state index in [0.29, 0.717) is 24.2 Å². The number of urea groups is 1. The highest BCUT2D eigenvalue weighted by Crippen LogP contribution is 2.43. The van der Waals surface area contributed by atoms with Crippen molar-refractivity contribution in [1.29, 1.82) is 5.41 Å². The highest BCUT2D eigenvalue weighted by atomic mass is 16.2. The molecule has 4 nitrogen and oxygen atoms in total. The molecule has 0 bridgehead atoms. The smallest absolute Gasteiger partial charge is 0.312 e. The predicted molar refractivity (Wildman–Crippen MR) is 63.5 cm³/mol. The number of carbonyl (C=O) groups excluding carboxylic acids is 1. The summed E-state index contributed by atoms with van der Waals surface area (Å²) in [5, 5.41) is 10.8. The van der Waals surface area contributed by atoms with Gasteiger partial charge in [0, 0.05) is 6.54 Å². The third kappa shape index (κ3) is 1.35. The zero-order valence-corrected chi connectivity index (χ0v) is 10.3. The van der Waals surface area contributed by atoms with Gasteiger partial charge in [0.1, 0.15) is 11.4 Å². The molecule has 2 rings (SSSR count). The van der Waals surface area contributed by atoms with Crippen molar-refractivity contribution in [3.63, 3.8) is 0 Å². The number of likely N-dealkylation sites (N-methyl/N-ethyl adjacent to an activating group) is 1. The lowest BCUT2D eigenvalue weighted by molar-refractivity contribution is 0.0878. The molecule has 2 fully saturated rings. The van der Waals surface area contributed by atoms with E-state index in [1.54, 1.807) is 0 Å². The Bertz CT molecular complexity index is 328. The molecule has 4 heteroatoms. The zero-order valence-electron chi connectivity index (χ0n) is 10.3. The molecule has 3 unspecified atom stereocenters. The maximum absolute atomic E-state index is 11.8. The highest BCUT2D eigenvalue weighted by molar-refractivity contribution is 6.08. The summed E-state index contributed by atoms with van der Waals surface area (Å²) >= 11 is 0.